The topological polar surface area (TPSA) is 118 Å². The van der Waals surface area contributed by atoms with Crippen molar-refractivity contribution in [2.24, 2.45) is 0 Å². The molecule has 1 amide bonds. The molecule has 1 aromatic heterocycles. The zero-order valence-electron chi connectivity index (χ0n) is 27.7. The van der Waals surface area contributed by atoms with E-state index in [1.807, 2.05) is 44.2 Å². The molecule has 0 aliphatic carbocycles. The van der Waals surface area contributed by atoms with Crippen LogP contribution in [0.1, 0.15) is 68.8 Å². The molecule has 0 aliphatic rings. The number of amides is 1. The first kappa shape index (κ1) is 38.6. The number of esters is 1. The fourth-order valence-electron chi connectivity index (χ4n) is 5.03. The van der Waals surface area contributed by atoms with Crippen LogP contribution >= 0.6 is 0 Å². The zero-order valence-corrected chi connectivity index (χ0v) is 28.5. The van der Waals surface area contributed by atoms with Crippen molar-refractivity contribution in [1.29, 1.82) is 0 Å². The van der Waals surface area contributed by atoms with Gasteiger partial charge in [0.15, 0.2) is 0 Å². The van der Waals surface area contributed by atoms with Crippen LogP contribution in [-0.2, 0) is 37.1 Å². The Morgan fingerprint density at radius 2 is 1.79 bits per heavy atom. The van der Waals surface area contributed by atoms with Gasteiger partial charge in [0.25, 0.3) is 0 Å². The number of hydrogen-bond donors (Lipinski definition) is 2. The predicted molar refractivity (Wildman–Crippen MR) is 175 cm³/mol. The zero-order chi connectivity index (χ0) is 35.7. The standard InChI is InChI=1S/C34H42F4N4O5S/c1-23-20-39-14-13-29(23)26-9-6-8-25(18-26)24(2)42(22-27-11-12-28(35)19-30(27)34(36,37)38)16-7-10-31(43)40-15-17-48(45,46)41-21-32(44)47-33(3,4)5/h6,8-9,11-14,18-20,24,41H,7,10,15-17,21-22H2,1-5H3,(H,40,43)/t24-/m0/s1. The van der Waals surface area contributed by atoms with E-state index < -0.39 is 63.4 Å². The highest BCUT2D eigenvalue weighted by atomic mass is 32.2. The van der Waals surface area contributed by atoms with E-state index in [-0.39, 0.29) is 38.0 Å². The summed E-state index contributed by atoms with van der Waals surface area (Å²) in [7, 11) is -3.88. The van der Waals surface area contributed by atoms with Gasteiger partial charge in [-0.2, -0.15) is 13.2 Å². The number of rotatable bonds is 15. The summed E-state index contributed by atoms with van der Waals surface area (Å²) in [6, 6.07) is 11.7. The Morgan fingerprint density at radius 1 is 1.06 bits per heavy atom. The molecule has 0 unspecified atom stereocenters. The molecule has 0 aliphatic heterocycles. The molecule has 1 heterocycles. The molecule has 14 heteroatoms. The molecule has 0 saturated carbocycles. The second kappa shape index (κ2) is 16.5. The van der Waals surface area contributed by atoms with Gasteiger partial charge in [0.05, 0.1) is 11.3 Å². The number of carbonyl (C=O) groups is 2. The monoisotopic (exact) mass is 694 g/mol. The first-order chi connectivity index (χ1) is 22.3. The van der Waals surface area contributed by atoms with E-state index in [4.69, 9.17) is 4.74 Å². The summed E-state index contributed by atoms with van der Waals surface area (Å²) in [4.78, 5) is 30.3. The van der Waals surface area contributed by atoms with Crippen LogP contribution in [0.3, 0.4) is 0 Å². The molecule has 0 radical (unpaired) electrons. The largest absolute Gasteiger partial charge is 0.459 e. The van der Waals surface area contributed by atoms with E-state index in [9.17, 15) is 35.6 Å². The summed E-state index contributed by atoms with van der Waals surface area (Å²) < 4.78 is 87.2. The summed E-state index contributed by atoms with van der Waals surface area (Å²) >= 11 is 0. The Bertz CT molecular complexity index is 1680. The highest BCUT2D eigenvalue weighted by molar-refractivity contribution is 7.89. The molecule has 2 N–H and O–H groups in total. The number of nitrogens with zero attached hydrogens (tertiary/aromatic N) is 2. The smallest absolute Gasteiger partial charge is 0.416 e. The fraction of sp³-hybridized carbons (Fsp3) is 0.441. The molecule has 48 heavy (non-hydrogen) atoms. The summed E-state index contributed by atoms with van der Waals surface area (Å²) in [5.74, 6) is -2.65. The molecule has 3 aromatic rings. The van der Waals surface area contributed by atoms with Crippen LogP contribution in [-0.4, -0.2) is 61.2 Å². The fourth-order valence-corrected chi connectivity index (χ4v) is 5.88. The van der Waals surface area contributed by atoms with Crippen LogP contribution in [0, 0.1) is 12.7 Å². The Kier molecular flexibility index (Phi) is 13.2. The Labute approximate surface area is 279 Å². The molecule has 9 nitrogen and oxygen atoms in total. The lowest BCUT2D eigenvalue weighted by Gasteiger charge is -2.31. The van der Waals surface area contributed by atoms with Crippen molar-refractivity contribution in [2.45, 2.75) is 71.8 Å². The van der Waals surface area contributed by atoms with Crippen molar-refractivity contribution in [3.05, 3.63) is 89.0 Å². The van der Waals surface area contributed by atoms with E-state index in [1.54, 1.807) is 38.1 Å². The normalized spacial score (nSPS) is 13.0. The quantitative estimate of drug-likeness (QED) is 0.150. The highest BCUT2D eigenvalue weighted by Crippen LogP contribution is 2.35. The maximum absolute atomic E-state index is 13.9. The molecule has 0 saturated heterocycles. The third-order valence-electron chi connectivity index (χ3n) is 7.40. The van der Waals surface area contributed by atoms with Gasteiger partial charge in [-0.1, -0.05) is 24.3 Å². The van der Waals surface area contributed by atoms with E-state index in [0.29, 0.717) is 6.07 Å². The Morgan fingerprint density at radius 3 is 2.46 bits per heavy atom. The van der Waals surface area contributed by atoms with Crippen molar-refractivity contribution < 1.29 is 40.3 Å². The van der Waals surface area contributed by atoms with E-state index in [2.05, 4.69) is 15.0 Å². The second-order valence-corrected chi connectivity index (χ2v) is 14.4. The third-order valence-corrected chi connectivity index (χ3v) is 8.72. The van der Waals surface area contributed by atoms with Crippen LogP contribution in [0.25, 0.3) is 11.1 Å². The van der Waals surface area contributed by atoms with Gasteiger partial charge in [-0.05, 0) is 99.7 Å². The Balaban J connectivity index is 1.69. The number of halogens is 4. The van der Waals surface area contributed by atoms with Crippen LogP contribution in [0.15, 0.2) is 60.9 Å². The molecule has 0 bridgehead atoms. The Hall–Kier alpha value is -3.88. The number of sulfonamides is 1. The van der Waals surface area contributed by atoms with Gasteiger partial charge in [-0.25, -0.2) is 17.5 Å². The minimum atomic E-state index is -4.77. The van der Waals surface area contributed by atoms with Crippen molar-refractivity contribution in [1.82, 2.24) is 19.9 Å². The average Bonchev–Trinajstić information content (AvgIpc) is 2.99. The molecule has 2 aromatic carbocycles. The van der Waals surface area contributed by atoms with Gasteiger partial charge in [0.2, 0.25) is 15.9 Å². The maximum Gasteiger partial charge on any atom is 0.416 e. The molecule has 0 fully saturated rings. The summed E-state index contributed by atoms with van der Waals surface area (Å²) in [6.45, 7) is 8.02. The van der Waals surface area contributed by atoms with Crippen molar-refractivity contribution in [2.75, 3.05) is 25.4 Å². The van der Waals surface area contributed by atoms with Crippen LogP contribution in [0.5, 0.6) is 0 Å². The van der Waals surface area contributed by atoms with Gasteiger partial charge in [-0.15, -0.1) is 0 Å². The summed E-state index contributed by atoms with van der Waals surface area (Å²) in [6.07, 6.45) is -1.13. The van der Waals surface area contributed by atoms with Gasteiger partial charge in [0, 0.05) is 37.9 Å². The van der Waals surface area contributed by atoms with E-state index >= 15 is 0 Å². The van der Waals surface area contributed by atoms with Crippen molar-refractivity contribution in [3.63, 3.8) is 0 Å². The van der Waals surface area contributed by atoms with Crippen molar-refractivity contribution >= 4 is 21.9 Å². The highest BCUT2D eigenvalue weighted by Gasteiger charge is 2.34. The number of aromatic nitrogens is 1. The van der Waals surface area contributed by atoms with Crippen molar-refractivity contribution in [3.8, 4) is 11.1 Å². The molecule has 1 atom stereocenters. The number of hydrogen-bond acceptors (Lipinski definition) is 7. The summed E-state index contributed by atoms with van der Waals surface area (Å²) in [5.41, 5.74) is 1.71. The number of nitrogens with one attached hydrogen (secondary N) is 2. The minimum absolute atomic E-state index is 0.0274. The van der Waals surface area contributed by atoms with Gasteiger partial charge in [0.1, 0.15) is 18.0 Å². The lowest BCUT2D eigenvalue weighted by Crippen LogP contribution is -2.38. The number of ether oxygens (including phenoxy) is 1. The van der Waals surface area contributed by atoms with Gasteiger partial charge < -0.3 is 10.1 Å². The lowest BCUT2D eigenvalue weighted by atomic mass is 9.97. The first-order valence-corrected chi connectivity index (χ1v) is 17.1. The minimum Gasteiger partial charge on any atom is -0.459 e. The van der Waals surface area contributed by atoms with E-state index in [0.717, 1.165) is 34.4 Å². The molecular weight excluding hydrogens is 652 g/mol. The predicted octanol–water partition coefficient (Wildman–Crippen LogP) is 5.94. The number of alkyl halides is 3. The van der Waals surface area contributed by atoms with Gasteiger partial charge >= 0.3 is 12.1 Å². The van der Waals surface area contributed by atoms with Gasteiger partial charge in [-0.3, -0.25) is 19.5 Å². The van der Waals surface area contributed by atoms with E-state index in [1.165, 1.54) is 0 Å². The van der Waals surface area contributed by atoms with Crippen LogP contribution < -0.4 is 10.0 Å². The molecule has 262 valence electrons. The average molecular weight is 695 g/mol. The lowest BCUT2D eigenvalue weighted by molar-refractivity contribution is -0.153. The number of pyridine rings is 1. The third kappa shape index (κ3) is 12.3. The maximum atomic E-state index is 13.9. The number of carbonyl (C=O) groups excluding carboxylic acids is 2. The van der Waals surface area contributed by atoms with Crippen LogP contribution in [0.2, 0.25) is 0 Å². The summed E-state index contributed by atoms with van der Waals surface area (Å²) in [5, 5.41) is 2.53. The SMILES string of the molecule is Cc1cnccc1-c1cccc([C@H](C)N(CCCC(=O)NCCS(=O)(=O)NCC(=O)OC(C)(C)C)Cc2ccc(F)cc2C(F)(F)F)c1. The molecule has 0 spiro atoms. The number of benzene rings is 2. The first-order valence-electron chi connectivity index (χ1n) is 15.4. The molecule has 3 rings (SSSR count). The van der Waals surface area contributed by atoms with Crippen LogP contribution in [0.4, 0.5) is 17.6 Å². The number of aryl methyl sites for hydroxylation is 1. The molecular formula is C34H42F4N4O5S. The second-order valence-electron chi connectivity index (χ2n) is 12.4.